The Morgan fingerprint density at radius 3 is 2.52 bits per heavy atom. The minimum atomic E-state index is -0.779. The molecule has 3 aromatic rings. The number of carbonyl (C=O) groups is 1. The zero-order valence-corrected chi connectivity index (χ0v) is 21.3. The molecular weight excluding hydrogens is 570 g/mol. The monoisotopic (exact) mass is 585 g/mol. The summed E-state index contributed by atoms with van der Waals surface area (Å²) in [7, 11) is 0. The van der Waals surface area contributed by atoms with Crippen LogP contribution in [0.5, 0.6) is 0 Å². The number of carbonyl (C=O) groups excluding carboxylic acids is 1. The van der Waals surface area contributed by atoms with Crippen LogP contribution in [0.2, 0.25) is 0 Å². The van der Waals surface area contributed by atoms with Gasteiger partial charge in [-0.1, -0.05) is 68.3 Å². The van der Waals surface area contributed by atoms with Crippen molar-refractivity contribution in [2.24, 2.45) is 5.73 Å². The fourth-order valence-corrected chi connectivity index (χ4v) is 5.78. The second kappa shape index (κ2) is 9.51. The molecule has 2 N–H and O–H groups in total. The lowest BCUT2D eigenvalue weighted by atomic mass is 9.84. The molecule has 4 rings (SSSR count). The maximum Gasteiger partial charge on any atom is 0.338 e. The second-order valence-electron chi connectivity index (χ2n) is 7.08. The minimum Gasteiger partial charge on any atom is -0.463 e. The normalized spacial score (nSPS) is 15.9. The number of halogens is 2. The molecule has 1 aromatic heterocycles. The van der Waals surface area contributed by atoms with Gasteiger partial charge >= 0.3 is 5.97 Å². The van der Waals surface area contributed by atoms with Crippen molar-refractivity contribution in [1.29, 1.82) is 5.26 Å². The molecule has 0 spiro atoms. The first kappa shape index (κ1) is 23.2. The van der Waals surface area contributed by atoms with Crippen LogP contribution in [0.1, 0.15) is 24.0 Å². The van der Waals surface area contributed by atoms with Crippen LogP contribution in [0.15, 0.2) is 67.8 Å². The van der Waals surface area contributed by atoms with E-state index in [9.17, 15) is 14.9 Å². The molecule has 0 aliphatic carbocycles. The Kier molecular flexibility index (Phi) is 6.70. The van der Waals surface area contributed by atoms with Gasteiger partial charge in [0, 0.05) is 8.95 Å². The molecule has 33 heavy (non-hydrogen) atoms. The zero-order chi connectivity index (χ0) is 23.7. The number of hydrogen-bond donors (Lipinski definition) is 1. The number of nitrogens with zero attached hydrogens (tertiary/aromatic N) is 2. The number of ether oxygens (including phenoxy) is 1. The highest BCUT2D eigenvalue weighted by Gasteiger charge is 2.37. The van der Waals surface area contributed by atoms with E-state index in [1.165, 1.54) is 4.57 Å². The summed E-state index contributed by atoms with van der Waals surface area (Å²) < 4.78 is 8.87. The third kappa shape index (κ3) is 4.10. The van der Waals surface area contributed by atoms with Crippen molar-refractivity contribution in [2.75, 3.05) is 6.61 Å². The molecule has 0 unspecified atom stereocenters. The lowest BCUT2D eigenvalue weighted by Gasteiger charge is -2.25. The highest BCUT2D eigenvalue weighted by atomic mass is 79.9. The number of fused-ring (bicyclic) bond motifs is 1. The summed E-state index contributed by atoms with van der Waals surface area (Å²) in [5, 5.41) is 10.0. The van der Waals surface area contributed by atoms with Gasteiger partial charge in [0.2, 0.25) is 0 Å². The van der Waals surface area contributed by atoms with Gasteiger partial charge < -0.3 is 10.5 Å². The van der Waals surface area contributed by atoms with Gasteiger partial charge in [-0.15, -0.1) is 11.3 Å². The predicted octanol–water partition coefficient (Wildman–Crippen LogP) is 3.43. The van der Waals surface area contributed by atoms with Gasteiger partial charge in [-0.2, -0.15) is 5.26 Å². The molecule has 0 saturated carbocycles. The van der Waals surface area contributed by atoms with Gasteiger partial charge in [0.1, 0.15) is 10.5 Å². The average Bonchev–Trinajstić information content (AvgIpc) is 3.11. The molecular formula is C24H17Br2N3O3S. The second-order valence-corrected chi connectivity index (χ2v) is 9.82. The molecule has 9 heteroatoms. The fraction of sp³-hybridized carbons (Fsp3) is 0.125. The van der Waals surface area contributed by atoms with E-state index in [0.29, 0.717) is 19.2 Å². The van der Waals surface area contributed by atoms with Crippen molar-refractivity contribution in [3.05, 3.63) is 93.7 Å². The van der Waals surface area contributed by atoms with Crippen molar-refractivity contribution in [2.45, 2.75) is 12.8 Å². The quantitative estimate of drug-likeness (QED) is 0.472. The first-order chi connectivity index (χ1) is 15.9. The first-order valence-electron chi connectivity index (χ1n) is 9.93. The van der Waals surface area contributed by atoms with Crippen molar-refractivity contribution in [3.8, 4) is 6.07 Å². The van der Waals surface area contributed by atoms with E-state index < -0.39 is 17.4 Å². The molecule has 2 heterocycles. The molecule has 0 radical (unpaired) electrons. The SMILES string of the molecule is CCOC(=O)C1=c2s/c(=C\c3ccccc3Br)c(=O)n2C(N)=C(C#N)[C@H]1c1ccccc1Br. The Morgan fingerprint density at radius 1 is 1.21 bits per heavy atom. The van der Waals surface area contributed by atoms with E-state index in [0.717, 1.165) is 21.4 Å². The van der Waals surface area contributed by atoms with Crippen LogP contribution in [0, 0.1) is 11.3 Å². The third-order valence-corrected chi connectivity index (χ3v) is 7.72. The molecule has 166 valence electrons. The number of esters is 1. The Morgan fingerprint density at radius 2 is 1.88 bits per heavy atom. The highest BCUT2D eigenvalue weighted by Crippen LogP contribution is 2.39. The van der Waals surface area contributed by atoms with Gasteiger partial charge in [-0.05, 0) is 36.3 Å². The standard InChI is InChI=1S/C24H17Br2N3O3S/c1-2-32-24(31)20-19(14-8-4-6-10-17(14)26)15(12-27)21(28)29-22(30)18(33-23(20)29)11-13-7-3-5-9-16(13)25/h3-11,19H,2,28H2,1H3/b18-11-/t19-/m1/s1. The van der Waals surface area contributed by atoms with Crippen molar-refractivity contribution < 1.29 is 9.53 Å². The third-order valence-electron chi connectivity index (χ3n) is 5.17. The number of aromatic nitrogens is 1. The van der Waals surface area contributed by atoms with Crippen LogP contribution in [0.4, 0.5) is 0 Å². The van der Waals surface area contributed by atoms with Gasteiger partial charge in [-0.3, -0.25) is 9.36 Å². The van der Waals surface area contributed by atoms with E-state index in [1.807, 2.05) is 48.5 Å². The number of nitriles is 1. The molecule has 6 nitrogen and oxygen atoms in total. The lowest BCUT2D eigenvalue weighted by molar-refractivity contribution is -0.136. The predicted molar refractivity (Wildman–Crippen MR) is 135 cm³/mol. The van der Waals surface area contributed by atoms with Crippen molar-refractivity contribution >= 4 is 66.6 Å². The minimum absolute atomic E-state index is 0.00864. The molecule has 1 aliphatic heterocycles. The molecule has 1 aliphatic rings. The fourth-order valence-electron chi connectivity index (χ4n) is 3.71. The summed E-state index contributed by atoms with van der Waals surface area (Å²) in [4.78, 5) is 26.5. The van der Waals surface area contributed by atoms with Crippen molar-refractivity contribution in [3.63, 3.8) is 0 Å². The van der Waals surface area contributed by atoms with Crippen LogP contribution in [0.25, 0.3) is 17.5 Å². The maximum absolute atomic E-state index is 13.4. The number of hydrogen-bond acceptors (Lipinski definition) is 6. The van der Waals surface area contributed by atoms with E-state index >= 15 is 0 Å². The zero-order valence-electron chi connectivity index (χ0n) is 17.3. The molecule has 0 bridgehead atoms. The average molecular weight is 587 g/mol. The summed E-state index contributed by atoms with van der Waals surface area (Å²) >= 11 is 8.16. The number of allylic oxidation sites excluding steroid dienone is 1. The summed E-state index contributed by atoms with van der Waals surface area (Å²) in [6.07, 6.45) is 1.73. The smallest absolute Gasteiger partial charge is 0.338 e. The molecule has 2 aromatic carbocycles. The Balaban J connectivity index is 2.14. The van der Waals surface area contributed by atoms with Crippen LogP contribution in [0.3, 0.4) is 0 Å². The van der Waals surface area contributed by atoms with Gasteiger partial charge in [0.05, 0.1) is 34.3 Å². The van der Waals surface area contributed by atoms with E-state index in [1.54, 1.807) is 13.0 Å². The van der Waals surface area contributed by atoms with E-state index in [-0.39, 0.29) is 23.6 Å². The Bertz CT molecular complexity index is 1530. The van der Waals surface area contributed by atoms with Gasteiger partial charge in [-0.25, -0.2) is 4.79 Å². The lowest BCUT2D eigenvalue weighted by Crippen LogP contribution is -2.40. The molecule has 0 amide bonds. The number of benzene rings is 2. The Labute approximate surface area is 210 Å². The largest absolute Gasteiger partial charge is 0.463 e. The van der Waals surface area contributed by atoms with E-state index in [4.69, 9.17) is 10.5 Å². The summed E-state index contributed by atoms with van der Waals surface area (Å²) in [6, 6.07) is 16.9. The molecule has 1 atom stereocenters. The highest BCUT2D eigenvalue weighted by molar-refractivity contribution is 9.10. The van der Waals surface area contributed by atoms with E-state index in [2.05, 4.69) is 37.9 Å². The molecule has 0 fully saturated rings. The van der Waals surface area contributed by atoms with Gasteiger partial charge in [0.25, 0.3) is 5.56 Å². The summed E-state index contributed by atoms with van der Waals surface area (Å²) in [5.74, 6) is -1.37. The van der Waals surface area contributed by atoms with Crippen LogP contribution in [-0.2, 0) is 9.53 Å². The topological polar surface area (TPSA) is 98.1 Å². The maximum atomic E-state index is 13.4. The van der Waals surface area contributed by atoms with Crippen LogP contribution >= 0.6 is 43.2 Å². The molecule has 0 saturated heterocycles. The van der Waals surface area contributed by atoms with Gasteiger partial charge in [0.15, 0.2) is 0 Å². The van der Waals surface area contributed by atoms with Crippen molar-refractivity contribution in [1.82, 2.24) is 4.57 Å². The summed E-state index contributed by atoms with van der Waals surface area (Å²) in [6.45, 7) is 1.86. The first-order valence-corrected chi connectivity index (χ1v) is 12.3. The number of thiazole rings is 1. The van der Waals surface area contributed by atoms with Crippen LogP contribution in [-0.4, -0.2) is 17.1 Å². The number of rotatable bonds is 4. The Hall–Kier alpha value is -2.93. The van der Waals surface area contributed by atoms with Crippen LogP contribution < -0.4 is 20.5 Å². The number of nitrogens with two attached hydrogens (primary N) is 1. The summed E-state index contributed by atoms with van der Waals surface area (Å²) in [5.41, 5.74) is 7.79.